The van der Waals surface area contributed by atoms with E-state index in [1.807, 2.05) is 6.07 Å². The first kappa shape index (κ1) is 13.1. The first-order valence-electron chi connectivity index (χ1n) is 5.31. The lowest BCUT2D eigenvalue weighted by atomic mass is 10.0. The van der Waals surface area contributed by atoms with Gasteiger partial charge in [-0.25, -0.2) is 0 Å². The summed E-state index contributed by atoms with van der Waals surface area (Å²) < 4.78 is 10.6. The van der Waals surface area contributed by atoms with E-state index < -0.39 is 0 Å². The Balaban J connectivity index is 3.38. The fourth-order valence-electron chi connectivity index (χ4n) is 1.73. The van der Waals surface area contributed by atoms with Crippen LogP contribution in [0.25, 0.3) is 0 Å². The maximum atomic E-state index is 6.31. The van der Waals surface area contributed by atoms with E-state index in [0.29, 0.717) is 24.5 Å². The molecule has 4 heteroatoms. The minimum absolute atomic E-state index is 0.534. The second-order valence-corrected chi connectivity index (χ2v) is 3.83. The predicted molar refractivity (Wildman–Crippen MR) is 66.7 cm³/mol. The van der Waals surface area contributed by atoms with Gasteiger partial charge in [-0.05, 0) is 31.0 Å². The number of hydrogen-bond donors (Lipinski definition) is 1. The van der Waals surface area contributed by atoms with Crippen molar-refractivity contribution in [2.75, 3.05) is 20.8 Å². The Morgan fingerprint density at radius 1 is 1.31 bits per heavy atom. The first-order valence-corrected chi connectivity index (χ1v) is 5.69. The molecule has 0 radical (unpaired) electrons. The molecule has 1 aromatic carbocycles. The molecule has 0 heterocycles. The molecule has 0 aliphatic carbocycles. The molecule has 0 fully saturated rings. The third kappa shape index (κ3) is 2.42. The molecule has 0 saturated carbocycles. The van der Waals surface area contributed by atoms with Gasteiger partial charge in [0, 0.05) is 5.56 Å². The van der Waals surface area contributed by atoms with Crippen molar-refractivity contribution in [2.24, 2.45) is 5.73 Å². The van der Waals surface area contributed by atoms with Crippen LogP contribution in [0.5, 0.6) is 11.5 Å². The van der Waals surface area contributed by atoms with Crippen molar-refractivity contribution in [3.8, 4) is 11.5 Å². The third-order valence-corrected chi connectivity index (χ3v) is 3.02. The normalized spacial score (nSPS) is 10.3. The average Bonchev–Trinajstić information content (AvgIpc) is 2.31. The molecule has 0 spiro atoms. The van der Waals surface area contributed by atoms with E-state index in [1.165, 1.54) is 0 Å². The molecular formula is C12H18ClNO2. The molecule has 90 valence electrons. The molecule has 0 unspecified atom stereocenters. The summed E-state index contributed by atoms with van der Waals surface area (Å²) >= 11 is 6.31. The quantitative estimate of drug-likeness (QED) is 0.864. The van der Waals surface area contributed by atoms with Crippen LogP contribution in [0.4, 0.5) is 0 Å². The molecule has 0 aliphatic rings. The van der Waals surface area contributed by atoms with Crippen molar-refractivity contribution in [1.29, 1.82) is 0 Å². The van der Waals surface area contributed by atoms with Gasteiger partial charge in [0.25, 0.3) is 0 Å². The Kier molecular flexibility index (Phi) is 4.90. The second-order valence-electron chi connectivity index (χ2n) is 3.46. The van der Waals surface area contributed by atoms with E-state index >= 15 is 0 Å². The summed E-state index contributed by atoms with van der Waals surface area (Å²) in [6.45, 7) is 2.59. The fourth-order valence-corrected chi connectivity index (χ4v) is 2.10. The number of halogens is 1. The summed E-state index contributed by atoms with van der Waals surface area (Å²) in [6, 6.07) is 1.92. The van der Waals surface area contributed by atoms with Gasteiger partial charge in [0.15, 0.2) is 11.5 Å². The van der Waals surface area contributed by atoms with Gasteiger partial charge in [-0.2, -0.15) is 0 Å². The summed E-state index contributed by atoms with van der Waals surface area (Å²) in [5, 5.41) is 0.741. The van der Waals surface area contributed by atoms with E-state index in [-0.39, 0.29) is 0 Å². The van der Waals surface area contributed by atoms with Gasteiger partial charge >= 0.3 is 0 Å². The molecule has 0 bridgehead atoms. The zero-order chi connectivity index (χ0) is 12.1. The van der Waals surface area contributed by atoms with Crippen LogP contribution in [-0.2, 0) is 12.8 Å². The van der Waals surface area contributed by atoms with Gasteiger partial charge < -0.3 is 15.2 Å². The van der Waals surface area contributed by atoms with Gasteiger partial charge in [0.1, 0.15) is 0 Å². The Bertz CT molecular complexity index is 367. The highest BCUT2D eigenvalue weighted by Gasteiger charge is 2.16. The monoisotopic (exact) mass is 243 g/mol. The van der Waals surface area contributed by atoms with Gasteiger partial charge in [-0.1, -0.05) is 18.5 Å². The molecule has 0 atom stereocenters. The predicted octanol–water partition coefficient (Wildman–Crippen LogP) is 2.42. The van der Waals surface area contributed by atoms with Gasteiger partial charge in [-0.15, -0.1) is 0 Å². The van der Waals surface area contributed by atoms with Gasteiger partial charge in [0.2, 0.25) is 0 Å². The minimum Gasteiger partial charge on any atom is -0.493 e. The Hall–Kier alpha value is -0.930. The smallest absolute Gasteiger partial charge is 0.165 e. The molecule has 0 aromatic heterocycles. The number of benzene rings is 1. The van der Waals surface area contributed by atoms with E-state index in [4.69, 9.17) is 26.8 Å². The first-order chi connectivity index (χ1) is 7.69. The highest BCUT2D eigenvalue weighted by atomic mass is 35.5. The van der Waals surface area contributed by atoms with Gasteiger partial charge in [0.05, 0.1) is 19.2 Å². The number of ether oxygens (including phenoxy) is 2. The summed E-state index contributed by atoms with van der Waals surface area (Å²) in [5.41, 5.74) is 7.57. The van der Waals surface area contributed by atoms with E-state index in [2.05, 4.69) is 6.92 Å². The Labute approximate surface area is 101 Å². The molecule has 0 saturated heterocycles. The number of rotatable bonds is 5. The average molecular weight is 244 g/mol. The van der Waals surface area contributed by atoms with Crippen LogP contribution in [0, 0.1) is 0 Å². The van der Waals surface area contributed by atoms with Crippen LogP contribution in [-0.4, -0.2) is 20.8 Å². The molecule has 3 nitrogen and oxygen atoms in total. The van der Waals surface area contributed by atoms with Crippen LogP contribution in [0.2, 0.25) is 5.02 Å². The van der Waals surface area contributed by atoms with Crippen molar-refractivity contribution in [3.63, 3.8) is 0 Å². The largest absolute Gasteiger partial charge is 0.493 e. The Morgan fingerprint density at radius 2 is 2.00 bits per heavy atom. The highest BCUT2D eigenvalue weighted by Crippen LogP contribution is 2.38. The topological polar surface area (TPSA) is 44.5 Å². The zero-order valence-corrected chi connectivity index (χ0v) is 10.7. The van der Waals surface area contributed by atoms with Crippen LogP contribution < -0.4 is 15.2 Å². The van der Waals surface area contributed by atoms with Crippen molar-refractivity contribution < 1.29 is 9.47 Å². The molecule has 0 aliphatic heterocycles. The molecule has 1 aromatic rings. The minimum atomic E-state index is 0.534. The maximum Gasteiger partial charge on any atom is 0.165 e. The van der Waals surface area contributed by atoms with Crippen LogP contribution in [0.1, 0.15) is 18.1 Å². The van der Waals surface area contributed by atoms with Crippen LogP contribution >= 0.6 is 11.6 Å². The second kappa shape index (κ2) is 5.97. The van der Waals surface area contributed by atoms with E-state index in [9.17, 15) is 0 Å². The Morgan fingerprint density at radius 3 is 2.44 bits per heavy atom. The SMILES string of the molecule is CCc1cc(OC)c(OC)c(CCN)c1Cl. The van der Waals surface area contributed by atoms with E-state index in [0.717, 1.165) is 22.6 Å². The number of nitrogens with two attached hydrogens (primary N) is 1. The summed E-state index contributed by atoms with van der Waals surface area (Å²) in [4.78, 5) is 0. The molecule has 0 amide bonds. The number of aryl methyl sites for hydroxylation is 1. The number of hydrogen-bond acceptors (Lipinski definition) is 3. The van der Waals surface area contributed by atoms with E-state index in [1.54, 1.807) is 14.2 Å². The summed E-state index contributed by atoms with van der Waals surface area (Å²) in [6.07, 6.45) is 1.54. The lowest BCUT2D eigenvalue weighted by Gasteiger charge is -2.16. The molecular weight excluding hydrogens is 226 g/mol. The fraction of sp³-hybridized carbons (Fsp3) is 0.500. The highest BCUT2D eigenvalue weighted by molar-refractivity contribution is 6.32. The van der Waals surface area contributed by atoms with Crippen molar-refractivity contribution in [2.45, 2.75) is 19.8 Å². The molecule has 2 N–H and O–H groups in total. The molecule has 16 heavy (non-hydrogen) atoms. The van der Waals surface area contributed by atoms with Gasteiger partial charge in [-0.3, -0.25) is 0 Å². The van der Waals surface area contributed by atoms with Crippen LogP contribution in [0.3, 0.4) is 0 Å². The lowest BCUT2D eigenvalue weighted by Crippen LogP contribution is -2.07. The molecule has 1 rings (SSSR count). The summed E-state index contributed by atoms with van der Waals surface area (Å²) in [7, 11) is 3.23. The zero-order valence-electron chi connectivity index (χ0n) is 9.97. The van der Waals surface area contributed by atoms with Crippen molar-refractivity contribution in [1.82, 2.24) is 0 Å². The number of methoxy groups -OCH3 is 2. The maximum absolute atomic E-state index is 6.31. The summed E-state index contributed by atoms with van der Waals surface area (Å²) in [5.74, 6) is 1.40. The van der Waals surface area contributed by atoms with Crippen molar-refractivity contribution >= 4 is 11.6 Å². The van der Waals surface area contributed by atoms with Crippen molar-refractivity contribution in [3.05, 3.63) is 22.2 Å². The van der Waals surface area contributed by atoms with Crippen LogP contribution in [0.15, 0.2) is 6.07 Å². The third-order valence-electron chi connectivity index (χ3n) is 2.55. The lowest BCUT2D eigenvalue weighted by molar-refractivity contribution is 0.351. The standard InChI is InChI=1S/C12H18ClNO2/c1-4-8-7-10(15-2)12(16-3)9(5-6-14)11(8)13/h7H,4-6,14H2,1-3H3.